The van der Waals surface area contributed by atoms with E-state index in [1.54, 1.807) is 0 Å². The van der Waals surface area contributed by atoms with E-state index in [9.17, 15) is 8.42 Å². The Hall–Kier alpha value is -0.910. The molecule has 0 aliphatic carbocycles. The summed E-state index contributed by atoms with van der Waals surface area (Å²) in [5, 5.41) is 12.4. The molecule has 0 aromatic heterocycles. The zero-order chi connectivity index (χ0) is 14.3. The summed E-state index contributed by atoms with van der Waals surface area (Å²) in [6.07, 6.45) is 1.88. The molecule has 2 atom stereocenters. The fourth-order valence-electron chi connectivity index (χ4n) is 2.12. The van der Waals surface area contributed by atoms with Crippen molar-refractivity contribution in [3.8, 4) is 0 Å². The molecule has 0 heterocycles. The van der Waals surface area contributed by atoms with E-state index in [2.05, 4.69) is 5.32 Å². The van der Waals surface area contributed by atoms with Crippen LogP contribution in [0.3, 0.4) is 0 Å². The van der Waals surface area contributed by atoms with Gasteiger partial charge in [0.15, 0.2) is 0 Å². The van der Waals surface area contributed by atoms with Crippen LogP contribution in [0, 0.1) is 5.92 Å². The van der Waals surface area contributed by atoms with Gasteiger partial charge in [-0.05, 0) is 24.4 Å². The smallest absolute Gasteiger partial charge is 0.147 e. The Morgan fingerprint density at radius 2 is 1.89 bits per heavy atom. The molecule has 19 heavy (non-hydrogen) atoms. The second-order valence-electron chi connectivity index (χ2n) is 5.08. The number of aliphatic hydroxyl groups is 1. The predicted octanol–water partition coefficient (Wildman–Crippen LogP) is 1.38. The van der Waals surface area contributed by atoms with Crippen LogP contribution in [0.1, 0.15) is 24.9 Å². The fraction of sp³-hybridized carbons (Fsp3) is 0.571. The van der Waals surface area contributed by atoms with Crippen molar-refractivity contribution in [1.29, 1.82) is 0 Å². The molecular weight excluding hydrogens is 262 g/mol. The molecule has 4 nitrogen and oxygen atoms in total. The van der Waals surface area contributed by atoms with Gasteiger partial charge in [-0.2, -0.15) is 0 Å². The minimum Gasteiger partial charge on any atom is -0.396 e. The van der Waals surface area contributed by atoms with Crippen LogP contribution >= 0.6 is 0 Å². The molecule has 0 aliphatic rings. The molecule has 0 radical (unpaired) electrons. The monoisotopic (exact) mass is 285 g/mol. The summed E-state index contributed by atoms with van der Waals surface area (Å²) >= 11 is 0. The van der Waals surface area contributed by atoms with Crippen LogP contribution < -0.4 is 5.32 Å². The number of aliphatic hydroxyl groups excluding tert-OH is 1. The van der Waals surface area contributed by atoms with Crippen molar-refractivity contribution < 1.29 is 13.5 Å². The highest BCUT2D eigenvalue weighted by Gasteiger charge is 2.14. The summed E-state index contributed by atoms with van der Waals surface area (Å²) in [7, 11) is -2.94. The van der Waals surface area contributed by atoms with Crippen LogP contribution in [-0.2, 0) is 9.84 Å². The Bertz CT molecular complexity index is 459. The summed E-state index contributed by atoms with van der Waals surface area (Å²) in [6, 6.07) is 9.95. The molecule has 1 aromatic rings. The highest BCUT2D eigenvalue weighted by atomic mass is 32.2. The molecule has 2 unspecified atom stereocenters. The quantitative estimate of drug-likeness (QED) is 0.757. The number of nitrogens with one attached hydrogen (secondary N) is 1. The van der Waals surface area contributed by atoms with Crippen molar-refractivity contribution >= 4 is 9.84 Å². The third kappa shape index (κ3) is 6.71. The highest BCUT2D eigenvalue weighted by Crippen LogP contribution is 2.16. The number of benzene rings is 1. The first-order valence-corrected chi connectivity index (χ1v) is 8.55. The summed E-state index contributed by atoms with van der Waals surface area (Å²) in [6.45, 7) is 2.63. The molecule has 0 bridgehead atoms. The number of hydrogen-bond donors (Lipinski definition) is 2. The van der Waals surface area contributed by atoms with Gasteiger partial charge in [0, 0.05) is 18.9 Å². The summed E-state index contributed by atoms with van der Waals surface area (Å²) in [4.78, 5) is 0. The van der Waals surface area contributed by atoms with Gasteiger partial charge in [-0.1, -0.05) is 37.3 Å². The summed E-state index contributed by atoms with van der Waals surface area (Å²) in [5.74, 6) is 0.237. The molecule has 1 rings (SSSR count). The first-order valence-electron chi connectivity index (χ1n) is 6.49. The molecule has 0 saturated carbocycles. The predicted molar refractivity (Wildman–Crippen MR) is 77.8 cm³/mol. The maximum atomic E-state index is 11.2. The molecule has 0 amide bonds. The first-order chi connectivity index (χ1) is 8.92. The molecule has 0 aliphatic heterocycles. The number of rotatable bonds is 8. The third-order valence-corrected chi connectivity index (χ3v) is 4.09. The zero-order valence-corrected chi connectivity index (χ0v) is 12.4. The Morgan fingerprint density at radius 1 is 1.26 bits per heavy atom. The van der Waals surface area contributed by atoms with Crippen molar-refractivity contribution in [2.24, 2.45) is 5.92 Å². The van der Waals surface area contributed by atoms with Gasteiger partial charge in [-0.3, -0.25) is 0 Å². The Labute approximate surface area is 115 Å². The molecule has 108 valence electrons. The van der Waals surface area contributed by atoms with Crippen molar-refractivity contribution in [3.63, 3.8) is 0 Å². The maximum absolute atomic E-state index is 11.2. The van der Waals surface area contributed by atoms with Crippen molar-refractivity contribution in [2.45, 2.75) is 19.4 Å². The number of sulfone groups is 1. The van der Waals surface area contributed by atoms with Crippen LogP contribution in [0.25, 0.3) is 0 Å². The van der Waals surface area contributed by atoms with E-state index in [0.717, 1.165) is 5.56 Å². The van der Waals surface area contributed by atoms with Gasteiger partial charge in [0.1, 0.15) is 9.84 Å². The van der Waals surface area contributed by atoms with E-state index in [4.69, 9.17) is 5.11 Å². The Morgan fingerprint density at radius 3 is 2.42 bits per heavy atom. The van der Waals surface area contributed by atoms with E-state index >= 15 is 0 Å². The molecular formula is C14H23NO3S. The van der Waals surface area contributed by atoms with Gasteiger partial charge in [0.2, 0.25) is 0 Å². The van der Waals surface area contributed by atoms with E-state index in [0.29, 0.717) is 13.0 Å². The van der Waals surface area contributed by atoms with Crippen LogP contribution in [0.2, 0.25) is 0 Å². The van der Waals surface area contributed by atoms with Crippen molar-refractivity contribution in [1.82, 2.24) is 5.32 Å². The van der Waals surface area contributed by atoms with E-state index in [1.165, 1.54) is 6.26 Å². The second-order valence-corrected chi connectivity index (χ2v) is 7.27. The van der Waals surface area contributed by atoms with Crippen molar-refractivity contribution in [3.05, 3.63) is 35.9 Å². The van der Waals surface area contributed by atoms with Crippen molar-refractivity contribution in [2.75, 3.05) is 25.2 Å². The lowest BCUT2D eigenvalue weighted by atomic mass is 10.0. The lowest BCUT2D eigenvalue weighted by molar-refractivity contribution is 0.263. The first kappa shape index (κ1) is 16.1. The van der Waals surface area contributed by atoms with Gasteiger partial charge < -0.3 is 10.4 Å². The Kier molecular flexibility index (Phi) is 6.48. The topological polar surface area (TPSA) is 66.4 Å². The molecule has 5 heteroatoms. The number of hydrogen-bond acceptors (Lipinski definition) is 4. The van der Waals surface area contributed by atoms with E-state index in [1.807, 2.05) is 37.3 Å². The largest absolute Gasteiger partial charge is 0.396 e. The fourth-order valence-corrected chi connectivity index (χ4v) is 3.27. The molecule has 0 spiro atoms. The van der Waals surface area contributed by atoms with Gasteiger partial charge in [0.25, 0.3) is 0 Å². The average Bonchev–Trinajstić information content (AvgIpc) is 2.33. The van der Waals surface area contributed by atoms with Crippen LogP contribution in [0.4, 0.5) is 0 Å². The van der Waals surface area contributed by atoms with E-state index < -0.39 is 9.84 Å². The van der Waals surface area contributed by atoms with E-state index in [-0.39, 0.29) is 24.3 Å². The van der Waals surface area contributed by atoms with Gasteiger partial charge >= 0.3 is 0 Å². The minimum atomic E-state index is -2.94. The summed E-state index contributed by atoms with van der Waals surface area (Å²) in [5.41, 5.74) is 1.11. The molecule has 1 aromatic carbocycles. The van der Waals surface area contributed by atoms with Crippen LogP contribution in [0.15, 0.2) is 30.3 Å². The molecule has 2 N–H and O–H groups in total. The van der Waals surface area contributed by atoms with Gasteiger partial charge in [0.05, 0.1) is 5.75 Å². The van der Waals surface area contributed by atoms with Gasteiger partial charge in [-0.15, -0.1) is 0 Å². The normalized spacial score (nSPS) is 15.1. The lowest BCUT2D eigenvalue weighted by Crippen LogP contribution is -2.30. The van der Waals surface area contributed by atoms with Gasteiger partial charge in [-0.25, -0.2) is 8.42 Å². The van der Waals surface area contributed by atoms with Crippen LogP contribution in [-0.4, -0.2) is 38.7 Å². The minimum absolute atomic E-state index is 0.0555. The Balaban J connectivity index is 2.56. The lowest BCUT2D eigenvalue weighted by Gasteiger charge is -2.20. The summed E-state index contributed by atoms with van der Waals surface area (Å²) < 4.78 is 22.4. The standard InChI is InChI=1S/C14H23NO3S/c1-12(11-19(2,17)18)10-15-14(8-9-16)13-6-4-3-5-7-13/h3-7,12,14-16H,8-11H2,1-2H3. The highest BCUT2D eigenvalue weighted by molar-refractivity contribution is 7.90. The van der Waals surface area contributed by atoms with Crippen LogP contribution in [0.5, 0.6) is 0 Å². The zero-order valence-electron chi connectivity index (χ0n) is 11.5. The maximum Gasteiger partial charge on any atom is 0.147 e. The molecule has 0 fully saturated rings. The average molecular weight is 285 g/mol. The molecule has 0 saturated heterocycles. The SMILES string of the molecule is CC(CNC(CCO)c1ccccc1)CS(C)(=O)=O. The third-order valence-electron chi connectivity index (χ3n) is 2.92. The second kappa shape index (κ2) is 7.62.